The van der Waals surface area contributed by atoms with Crippen molar-refractivity contribution in [2.45, 2.75) is 66.4 Å². The maximum atomic E-state index is 11.8. The Morgan fingerprint density at radius 2 is 1.56 bits per heavy atom. The first kappa shape index (κ1) is 16.9. The molecule has 0 bridgehead atoms. The highest BCUT2D eigenvalue weighted by atomic mass is 16.6. The fourth-order valence-electron chi connectivity index (χ4n) is 2.57. The first-order valence-corrected chi connectivity index (χ1v) is 6.65. The summed E-state index contributed by atoms with van der Waals surface area (Å²) in [6.45, 7) is 19.6. The van der Waals surface area contributed by atoms with Gasteiger partial charge in [-0.15, -0.1) is 6.58 Å². The van der Waals surface area contributed by atoms with Crippen molar-refractivity contribution in [2.75, 3.05) is 0 Å². The molecule has 2 heteroatoms. The zero-order valence-corrected chi connectivity index (χ0v) is 12.9. The summed E-state index contributed by atoms with van der Waals surface area (Å²) in [6.07, 6.45) is 2.77. The van der Waals surface area contributed by atoms with E-state index in [1.807, 2.05) is 20.8 Å². The number of esters is 1. The van der Waals surface area contributed by atoms with Crippen LogP contribution in [0.25, 0.3) is 0 Å². The Labute approximate surface area is 112 Å². The van der Waals surface area contributed by atoms with E-state index in [9.17, 15) is 4.79 Å². The van der Waals surface area contributed by atoms with E-state index >= 15 is 0 Å². The van der Waals surface area contributed by atoms with E-state index in [0.29, 0.717) is 5.57 Å². The molecule has 0 aromatic heterocycles. The number of hydrogen-bond acceptors (Lipinski definition) is 2. The van der Waals surface area contributed by atoms with Crippen LogP contribution in [-0.4, -0.2) is 11.6 Å². The molecule has 0 spiro atoms. The standard InChI is InChI=1S/C16H28O2/c1-9-16(10-2,11-12(3)4)15(7,8)18-14(17)13(5)6/h3,5,9-11H2,1-2,4,6-8H3. The topological polar surface area (TPSA) is 26.3 Å². The van der Waals surface area contributed by atoms with E-state index < -0.39 is 5.60 Å². The Morgan fingerprint density at radius 1 is 1.11 bits per heavy atom. The summed E-state index contributed by atoms with van der Waals surface area (Å²) in [5.41, 5.74) is 0.979. The molecule has 0 amide bonds. The molecule has 0 aromatic rings. The molecule has 0 fully saturated rings. The number of carbonyl (C=O) groups is 1. The van der Waals surface area contributed by atoms with Crippen LogP contribution in [0.5, 0.6) is 0 Å². The largest absolute Gasteiger partial charge is 0.456 e. The van der Waals surface area contributed by atoms with Gasteiger partial charge in [-0.1, -0.05) is 26.0 Å². The molecule has 0 radical (unpaired) electrons. The van der Waals surface area contributed by atoms with Gasteiger partial charge in [0.25, 0.3) is 0 Å². The zero-order chi connectivity index (χ0) is 14.6. The minimum atomic E-state index is -0.522. The van der Waals surface area contributed by atoms with Crippen LogP contribution in [0.15, 0.2) is 24.3 Å². The highest BCUT2D eigenvalue weighted by Crippen LogP contribution is 2.45. The van der Waals surface area contributed by atoms with Gasteiger partial charge >= 0.3 is 5.97 Å². The molecule has 0 atom stereocenters. The van der Waals surface area contributed by atoms with Crippen LogP contribution in [0, 0.1) is 5.41 Å². The van der Waals surface area contributed by atoms with Crippen molar-refractivity contribution in [2.24, 2.45) is 5.41 Å². The molecular formula is C16H28O2. The molecule has 0 aliphatic rings. The summed E-state index contributed by atoms with van der Waals surface area (Å²) in [7, 11) is 0. The molecule has 0 N–H and O–H groups in total. The monoisotopic (exact) mass is 252 g/mol. The van der Waals surface area contributed by atoms with E-state index in [4.69, 9.17) is 4.74 Å². The Hall–Kier alpha value is -1.05. The van der Waals surface area contributed by atoms with Crippen molar-refractivity contribution in [3.63, 3.8) is 0 Å². The van der Waals surface area contributed by atoms with Crippen molar-refractivity contribution in [1.29, 1.82) is 0 Å². The Morgan fingerprint density at radius 3 is 1.83 bits per heavy atom. The van der Waals surface area contributed by atoms with E-state index in [1.54, 1.807) is 6.92 Å². The summed E-state index contributed by atoms with van der Waals surface area (Å²) in [5, 5.41) is 0. The fourth-order valence-corrected chi connectivity index (χ4v) is 2.57. The van der Waals surface area contributed by atoms with Gasteiger partial charge in [0, 0.05) is 11.0 Å². The smallest absolute Gasteiger partial charge is 0.333 e. The molecule has 0 unspecified atom stereocenters. The van der Waals surface area contributed by atoms with Gasteiger partial charge < -0.3 is 4.74 Å². The van der Waals surface area contributed by atoms with E-state index in [1.165, 1.54) is 0 Å². The second-order valence-corrected chi connectivity index (χ2v) is 5.80. The number of rotatable bonds is 7. The predicted molar refractivity (Wildman–Crippen MR) is 77.4 cm³/mol. The van der Waals surface area contributed by atoms with Crippen molar-refractivity contribution < 1.29 is 9.53 Å². The number of hydrogen-bond donors (Lipinski definition) is 0. The van der Waals surface area contributed by atoms with Crippen molar-refractivity contribution in [1.82, 2.24) is 0 Å². The number of carbonyl (C=O) groups excluding carboxylic acids is 1. The molecule has 0 heterocycles. The van der Waals surface area contributed by atoms with E-state index in [0.717, 1.165) is 24.8 Å². The maximum absolute atomic E-state index is 11.8. The second kappa shape index (κ2) is 6.21. The van der Waals surface area contributed by atoms with Crippen LogP contribution < -0.4 is 0 Å². The van der Waals surface area contributed by atoms with Gasteiger partial charge in [0.2, 0.25) is 0 Å². The minimum absolute atomic E-state index is 0.0655. The Balaban J connectivity index is 5.25. The quantitative estimate of drug-likeness (QED) is 0.374. The lowest BCUT2D eigenvalue weighted by Crippen LogP contribution is -2.46. The van der Waals surface area contributed by atoms with E-state index in [-0.39, 0.29) is 11.4 Å². The molecule has 0 saturated carbocycles. The lowest BCUT2D eigenvalue weighted by Gasteiger charge is -2.45. The van der Waals surface area contributed by atoms with Crippen molar-refractivity contribution in [3.05, 3.63) is 24.3 Å². The van der Waals surface area contributed by atoms with Gasteiger partial charge in [-0.25, -0.2) is 4.79 Å². The molecule has 0 aliphatic heterocycles. The third kappa shape index (κ3) is 3.72. The SMILES string of the molecule is C=C(C)CC(CC)(CC)C(C)(C)OC(=O)C(=C)C. The zero-order valence-electron chi connectivity index (χ0n) is 12.9. The first-order valence-electron chi connectivity index (χ1n) is 6.65. The summed E-state index contributed by atoms with van der Waals surface area (Å²) < 4.78 is 5.67. The number of ether oxygens (including phenoxy) is 1. The molecular weight excluding hydrogens is 224 g/mol. The third-order valence-corrected chi connectivity index (χ3v) is 3.97. The third-order valence-electron chi connectivity index (χ3n) is 3.97. The average Bonchev–Trinajstić information content (AvgIpc) is 2.24. The van der Waals surface area contributed by atoms with Crippen LogP contribution in [-0.2, 0) is 9.53 Å². The molecule has 0 saturated heterocycles. The first-order chi connectivity index (χ1) is 8.12. The summed E-state index contributed by atoms with van der Waals surface area (Å²) in [6, 6.07) is 0. The highest BCUT2D eigenvalue weighted by molar-refractivity contribution is 5.87. The lowest BCUT2D eigenvalue weighted by molar-refractivity contribution is -0.167. The Bertz CT molecular complexity index is 333. The molecule has 104 valence electrons. The van der Waals surface area contributed by atoms with Crippen molar-refractivity contribution >= 4 is 5.97 Å². The maximum Gasteiger partial charge on any atom is 0.333 e. The van der Waals surface area contributed by atoms with Crippen LogP contribution in [0.4, 0.5) is 0 Å². The lowest BCUT2D eigenvalue weighted by atomic mass is 9.66. The van der Waals surface area contributed by atoms with Crippen LogP contribution in [0.2, 0.25) is 0 Å². The average molecular weight is 252 g/mol. The van der Waals surface area contributed by atoms with Crippen molar-refractivity contribution in [3.8, 4) is 0 Å². The predicted octanol–water partition coefficient (Wildman–Crippen LogP) is 4.66. The summed E-state index contributed by atoms with van der Waals surface area (Å²) >= 11 is 0. The van der Waals surface area contributed by atoms with Crippen LogP contribution >= 0.6 is 0 Å². The van der Waals surface area contributed by atoms with Gasteiger partial charge in [-0.3, -0.25) is 0 Å². The molecule has 2 nitrogen and oxygen atoms in total. The highest BCUT2D eigenvalue weighted by Gasteiger charge is 2.45. The van der Waals surface area contributed by atoms with Crippen LogP contribution in [0.1, 0.15) is 60.8 Å². The summed E-state index contributed by atoms with van der Waals surface area (Å²) in [4.78, 5) is 11.8. The number of allylic oxidation sites excluding steroid dienone is 1. The fraction of sp³-hybridized carbons (Fsp3) is 0.688. The van der Waals surface area contributed by atoms with Gasteiger partial charge in [-0.05, 0) is 47.0 Å². The molecule has 0 aromatic carbocycles. The van der Waals surface area contributed by atoms with E-state index in [2.05, 4.69) is 27.0 Å². The summed E-state index contributed by atoms with van der Waals surface area (Å²) in [5.74, 6) is -0.312. The second-order valence-electron chi connectivity index (χ2n) is 5.80. The Kier molecular flexibility index (Phi) is 5.85. The van der Waals surface area contributed by atoms with Gasteiger partial charge in [0.1, 0.15) is 5.60 Å². The van der Waals surface area contributed by atoms with Gasteiger partial charge in [0.05, 0.1) is 0 Å². The molecule has 0 aliphatic carbocycles. The normalized spacial score (nSPS) is 12.1. The van der Waals surface area contributed by atoms with Crippen LogP contribution in [0.3, 0.4) is 0 Å². The molecule has 0 rings (SSSR count). The van der Waals surface area contributed by atoms with Gasteiger partial charge in [0.15, 0.2) is 0 Å². The molecule has 18 heavy (non-hydrogen) atoms. The van der Waals surface area contributed by atoms with Gasteiger partial charge in [-0.2, -0.15) is 0 Å². The minimum Gasteiger partial charge on any atom is -0.456 e.